The molecule has 0 spiro atoms. The standard InChI is InChI=1S/C9H15N3O/c1-2-4-11-9(13)12-7-8-3-5-10-6-8/h3,5-6,10H,2,4,7H2,1H3,(H2,11,12,13). The summed E-state index contributed by atoms with van der Waals surface area (Å²) < 4.78 is 0. The van der Waals surface area contributed by atoms with Gasteiger partial charge in [0.25, 0.3) is 0 Å². The predicted octanol–water partition coefficient (Wildman–Crippen LogP) is 1.22. The molecule has 1 aromatic rings. The van der Waals surface area contributed by atoms with Gasteiger partial charge in [-0.3, -0.25) is 0 Å². The highest BCUT2D eigenvalue weighted by Crippen LogP contribution is 1.94. The fourth-order valence-corrected chi connectivity index (χ4v) is 0.952. The van der Waals surface area contributed by atoms with E-state index in [2.05, 4.69) is 15.6 Å². The highest BCUT2D eigenvalue weighted by Gasteiger charge is 1.97. The number of rotatable bonds is 4. The highest BCUT2D eigenvalue weighted by atomic mass is 16.2. The molecule has 1 rings (SSSR count). The number of aromatic nitrogens is 1. The van der Waals surface area contributed by atoms with Crippen LogP contribution in [0.1, 0.15) is 18.9 Å². The second-order valence-electron chi connectivity index (χ2n) is 2.83. The van der Waals surface area contributed by atoms with Gasteiger partial charge in [0, 0.05) is 25.5 Å². The molecule has 0 bridgehead atoms. The Kier molecular flexibility index (Phi) is 3.88. The fraction of sp³-hybridized carbons (Fsp3) is 0.444. The van der Waals surface area contributed by atoms with E-state index in [1.54, 1.807) is 0 Å². The van der Waals surface area contributed by atoms with Crippen LogP contribution in [0.3, 0.4) is 0 Å². The molecule has 2 amide bonds. The molecule has 1 heterocycles. The first-order valence-electron chi connectivity index (χ1n) is 4.46. The molecule has 0 fully saturated rings. The lowest BCUT2D eigenvalue weighted by atomic mass is 10.3. The van der Waals surface area contributed by atoms with Crippen molar-refractivity contribution < 1.29 is 4.79 Å². The summed E-state index contributed by atoms with van der Waals surface area (Å²) in [6.45, 7) is 3.31. The van der Waals surface area contributed by atoms with Crippen LogP contribution < -0.4 is 10.6 Å². The van der Waals surface area contributed by atoms with Crippen LogP contribution >= 0.6 is 0 Å². The van der Waals surface area contributed by atoms with Crippen LogP contribution in [-0.2, 0) is 6.54 Å². The van der Waals surface area contributed by atoms with Crippen LogP contribution in [0.25, 0.3) is 0 Å². The zero-order chi connectivity index (χ0) is 9.52. The molecule has 13 heavy (non-hydrogen) atoms. The van der Waals surface area contributed by atoms with Gasteiger partial charge < -0.3 is 15.6 Å². The number of H-pyrrole nitrogens is 1. The minimum absolute atomic E-state index is 0.108. The fourth-order valence-electron chi connectivity index (χ4n) is 0.952. The molecule has 0 aliphatic heterocycles. The average molecular weight is 181 g/mol. The lowest BCUT2D eigenvalue weighted by Gasteiger charge is -2.04. The molecule has 0 unspecified atom stereocenters. The van der Waals surface area contributed by atoms with Crippen molar-refractivity contribution >= 4 is 6.03 Å². The van der Waals surface area contributed by atoms with E-state index < -0.39 is 0 Å². The van der Waals surface area contributed by atoms with Crippen molar-refractivity contribution in [3.63, 3.8) is 0 Å². The van der Waals surface area contributed by atoms with Gasteiger partial charge in [-0.1, -0.05) is 6.92 Å². The molecule has 0 saturated heterocycles. The Balaban J connectivity index is 2.15. The maximum atomic E-state index is 11.1. The number of carbonyl (C=O) groups is 1. The van der Waals surface area contributed by atoms with Gasteiger partial charge in [0.15, 0.2) is 0 Å². The minimum atomic E-state index is -0.108. The van der Waals surface area contributed by atoms with E-state index in [9.17, 15) is 4.79 Å². The summed E-state index contributed by atoms with van der Waals surface area (Å²) in [6, 6.07) is 1.82. The quantitative estimate of drug-likeness (QED) is 0.642. The van der Waals surface area contributed by atoms with Crippen LogP contribution in [0, 0.1) is 0 Å². The largest absolute Gasteiger partial charge is 0.367 e. The molecule has 0 aliphatic rings. The molecular weight excluding hydrogens is 166 g/mol. The molecule has 4 nitrogen and oxygen atoms in total. The first kappa shape index (κ1) is 9.64. The second kappa shape index (κ2) is 5.24. The third-order valence-corrected chi connectivity index (χ3v) is 1.65. The SMILES string of the molecule is CCCNC(=O)NCc1cc[nH]c1. The topological polar surface area (TPSA) is 56.9 Å². The minimum Gasteiger partial charge on any atom is -0.367 e. The lowest BCUT2D eigenvalue weighted by Crippen LogP contribution is -2.35. The van der Waals surface area contributed by atoms with Gasteiger partial charge in [-0.05, 0) is 18.1 Å². The summed E-state index contributed by atoms with van der Waals surface area (Å²) >= 11 is 0. The van der Waals surface area contributed by atoms with E-state index >= 15 is 0 Å². The van der Waals surface area contributed by atoms with Crippen LogP contribution in [0.5, 0.6) is 0 Å². The number of hydrogen-bond acceptors (Lipinski definition) is 1. The molecule has 0 radical (unpaired) electrons. The molecule has 0 aromatic carbocycles. The van der Waals surface area contributed by atoms with Crippen LogP contribution in [-0.4, -0.2) is 17.6 Å². The van der Waals surface area contributed by atoms with Gasteiger partial charge in [-0.25, -0.2) is 4.79 Å². The van der Waals surface area contributed by atoms with Gasteiger partial charge in [0.2, 0.25) is 0 Å². The van der Waals surface area contributed by atoms with Gasteiger partial charge in [-0.15, -0.1) is 0 Å². The van der Waals surface area contributed by atoms with Crippen molar-refractivity contribution in [3.05, 3.63) is 24.0 Å². The molecule has 3 N–H and O–H groups in total. The number of carbonyl (C=O) groups excluding carboxylic acids is 1. The van der Waals surface area contributed by atoms with E-state index in [0.29, 0.717) is 6.54 Å². The van der Waals surface area contributed by atoms with Crippen molar-refractivity contribution in [1.29, 1.82) is 0 Å². The third-order valence-electron chi connectivity index (χ3n) is 1.65. The molecule has 1 aromatic heterocycles. The van der Waals surface area contributed by atoms with Crippen molar-refractivity contribution in [2.45, 2.75) is 19.9 Å². The van der Waals surface area contributed by atoms with Crippen molar-refractivity contribution in [2.75, 3.05) is 6.54 Å². The Bertz CT molecular complexity index is 243. The van der Waals surface area contributed by atoms with E-state index in [-0.39, 0.29) is 6.03 Å². The summed E-state index contributed by atoms with van der Waals surface area (Å²) in [5, 5.41) is 5.48. The zero-order valence-corrected chi connectivity index (χ0v) is 7.76. The van der Waals surface area contributed by atoms with E-state index in [1.165, 1.54) is 0 Å². The zero-order valence-electron chi connectivity index (χ0n) is 7.76. The number of hydrogen-bond donors (Lipinski definition) is 3. The smallest absolute Gasteiger partial charge is 0.315 e. The van der Waals surface area contributed by atoms with Crippen LogP contribution in [0.2, 0.25) is 0 Å². The average Bonchev–Trinajstić information content (AvgIpc) is 2.64. The van der Waals surface area contributed by atoms with Crippen LogP contribution in [0.4, 0.5) is 4.79 Å². The number of amides is 2. The Morgan fingerprint density at radius 3 is 3.00 bits per heavy atom. The Labute approximate surface area is 77.7 Å². The van der Waals surface area contributed by atoms with Gasteiger partial charge >= 0.3 is 6.03 Å². The van der Waals surface area contributed by atoms with Crippen LogP contribution in [0.15, 0.2) is 18.5 Å². The van der Waals surface area contributed by atoms with Gasteiger partial charge in [-0.2, -0.15) is 0 Å². The van der Waals surface area contributed by atoms with Gasteiger partial charge in [0.1, 0.15) is 0 Å². The summed E-state index contributed by atoms with van der Waals surface area (Å²) in [6.07, 6.45) is 4.65. The normalized spacial score (nSPS) is 9.62. The number of aromatic amines is 1. The maximum absolute atomic E-state index is 11.1. The Morgan fingerprint density at radius 2 is 2.38 bits per heavy atom. The molecular formula is C9H15N3O. The first-order chi connectivity index (χ1) is 6.33. The monoisotopic (exact) mass is 181 g/mol. The summed E-state index contributed by atoms with van der Waals surface area (Å²) in [4.78, 5) is 14.0. The van der Waals surface area contributed by atoms with Crippen molar-refractivity contribution in [3.8, 4) is 0 Å². The molecule has 4 heteroatoms. The first-order valence-corrected chi connectivity index (χ1v) is 4.46. The predicted molar refractivity (Wildman–Crippen MR) is 51.3 cm³/mol. The summed E-state index contributed by atoms with van der Waals surface area (Å²) in [5.74, 6) is 0. The van der Waals surface area contributed by atoms with Crippen molar-refractivity contribution in [2.24, 2.45) is 0 Å². The number of nitrogens with one attached hydrogen (secondary N) is 3. The highest BCUT2D eigenvalue weighted by molar-refractivity contribution is 5.73. The second-order valence-corrected chi connectivity index (χ2v) is 2.83. The molecule has 0 saturated carbocycles. The molecule has 0 atom stereocenters. The Morgan fingerprint density at radius 1 is 1.54 bits per heavy atom. The number of urea groups is 1. The lowest BCUT2D eigenvalue weighted by molar-refractivity contribution is 0.240. The van der Waals surface area contributed by atoms with E-state index in [1.807, 2.05) is 25.4 Å². The molecule has 72 valence electrons. The maximum Gasteiger partial charge on any atom is 0.315 e. The summed E-state index contributed by atoms with van der Waals surface area (Å²) in [5.41, 5.74) is 1.08. The van der Waals surface area contributed by atoms with E-state index in [0.717, 1.165) is 18.5 Å². The van der Waals surface area contributed by atoms with Gasteiger partial charge in [0.05, 0.1) is 0 Å². The molecule has 0 aliphatic carbocycles. The summed E-state index contributed by atoms with van der Waals surface area (Å²) in [7, 11) is 0. The Hall–Kier alpha value is -1.45. The van der Waals surface area contributed by atoms with Crippen molar-refractivity contribution in [1.82, 2.24) is 15.6 Å². The third kappa shape index (κ3) is 3.64. The van der Waals surface area contributed by atoms with E-state index in [4.69, 9.17) is 0 Å².